The predicted octanol–water partition coefficient (Wildman–Crippen LogP) is 3.87. The van der Waals surface area contributed by atoms with Crippen LogP contribution >= 0.6 is 23.2 Å². The Morgan fingerprint density at radius 2 is 1.79 bits per heavy atom. The Bertz CT molecular complexity index is 800. The van der Waals surface area contributed by atoms with Crippen LogP contribution in [0.1, 0.15) is 16.7 Å². The minimum absolute atomic E-state index is 0.242. The van der Waals surface area contributed by atoms with Gasteiger partial charge in [-0.25, -0.2) is 4.39 Å². The molecule has 0 bridgehead atoms. The molecular formula is C17H15Cl2FN4. The molecule has 0 radical (unpaired) electrons. The first-order valence-electron chi connectivity index (χ1n) is 7.10. The van der Waals surface area contributed by atoms with E-state index in [-0.39, 0.29) is 12.1 Å². The fraction of sp³-hybridized carbons (Fsp3) is 0.176. The summed E-state index contributed by atoms with van der Waals surface area (Å²) in [6.07, 6.45) is 0. The summed E-state index contributed by atoms with van der Waals surface area (Å²) in [5, 5.41) is 16.0. The van der Waals surface area contributed by atoms with Crippen molar-refractivity contribution >= 4 is 29.2 Å². The highest BCUT2D eigenvalue weighted by Crippen LogP contribution is 2.20. The Hall–Kier alpha value is -2.29. The van der Waals surface area contributed by atoms with Crippen LogP contribution in [0.3, 0.4) is 0 Å². The maximum atomic E-state index is 13.9. The van der Waals surface area contributed by atoms with Crippen LogP contribution in [0.15, 0.2) is 41.4 Å². The van der Waals surface area contributed by atoms with E-state index in [2.05, 4.69) is 15.6 Å². The molecule has 0 atom stereocenters. The summed E-state index contributed by atoms with van der Waals surface area (Å²) in [6.45, 7) is 0.692. The molecule has 0 spiro atoms. The van der Waals surface area contributed by atoms with Gasteiger partial charge in [0, 0.05) is 35.7 Å². The van der Waals surface area contributed by atoms with Crippen LogP contribution in [0.4, 0.5) is 4.39 Å². The highest BCUT2D eigenvalue weighted by atomic mass is 35.5. The van der Waals surface area contributed by atoms with Gasteiger partial charge in [-0.1, -0.05) is 35.3 Å². The molecule has 0 heterocycles. The fourth-order valence-electron chi connectivity index (χ4n) is 2.00. The molecule has 0 amide bonds. The van der Waals surface area contributed by atoms with Gasteiger partial charge in [0.05, 0.1) is 11.6 Å². The molecule has 124 valence electrons. The molecular weight excluding hydrogens is 350 g/mol. The summed E-state index contributed by atoms with van der Waals surface area (Å²) in [7, 11) is 1.62. The molecule has 0 aliphatic rings. The van der Waals surface area contributed by atoms with Crippen molar-refractivity contribution < 1.29 is 4.39 Å². The lowest BCUT2D eigenvalue weighted by Crippen LogP contribution is -2.36. The van der Waals surface area contributed by atoms with Gasteiger partial charge in [-0.3, -0.25) is 4.99 Å². The molecule has 2 N–H and O–H groups in total. The maximum Gasteiger partial charge on any atom is 0.191 e. The van der Waals surface area contributed by atoms with Gasteiger partial charge in [0.15, 0.2) is 5.96 Å². The van der Waals surface area contributed by atoms with Gasteiger partial charge in [0.1, 0.15) is 5.82 Å². The van der Waals surface area contributed by atoms with Crippen molar-refractivity contribution in [2.45, 2.75) is 13.1 Å². The van der Waals surface area contributed by atoms with Crippen molar-refractivity contribution in [1.82, 2.24) is 10.6 Å². The van der Waals surface area contributed by atoms with Gasteiger partial charge in [-0.2, -0.15) is 5.26 Å². The number of nitrogens with one attached hydrogen (secondary N) is 2. The summed E-state index contributed by atoms with van der Waals surface area (Å²) in [6, 6.07) is 11.5. The predicted molar refractivity (Wildman–Crippen MR) is 94.6 cm³/mol. The molecule has 0 unspecified atom stereocenters. The lowest BCUT2D eigenvalue weighted by atomic mass is 10.1. The largest absolute Gasteiger partial charge is 0.352 e. The molecule has 24 heavy (non-hydrogen) atoms. The number of benzene rings is 2. The van der Waals surface area contributed by atoms with Crippen LogP contribution < -0.4 is 10.6 Å². The molecule has 2 aromatic rings. The third kappa shape index (κ3) is 4.85. The van der Waals surface area contributed by atoms with Crippen LogP contribution in [-0.2, 0) is 13.1 Å². The standard InChI is InChI=1S/C17H15Cl2FN4/c1-22-17(23-9-12-4-5-14(18)7-15(12)19)24-10-13-3-2-11(8-21)6-16(13)20/h2-7H,9-10H2,1H3,(H2,22,23,24). The Morgan fingerprint density at radius 1 is 1.12 bits per heavy atom. The monoisotopic (exact) mass is 364 g/mol. The zero-order chi connectivity index (χ0) is 17.5. The normalized spacial score (nSPS) is 11.0. The van der Waals surface area contributed by atoms with Gasteiger partial charge < -0.3 is 10.6 Å². The average molecular weight is 365 g/mol. The highest BCUT2D eigenvalue weighted by Gasteiger charge is 2.06. The molecule has 7 heteroatoms. The van der Waals surface area contributed by atoms with E-state index in [9.17, 15) is 4.39 Å². The minimum Gasteiger partial charge on any atom is -0.352 e. The molecule has 0 fully saturated rings. The van der Waals surface area contributed by atoms with Crippen LogP contribution in [0, 0.1) is 17.1 Å². The summed E-state index contributed by atoms with van der Waals surface area (Å²) in [5.41, 5.74) is 1.60. The molecule has 2 rings (SSSR count). The van der Waals surface area contributed by atoms with Crippen LogP contribution in [0.2, 0.25) is 10.0 Å². The summed E-state index contributed by atoms with van der Waals surface area (Å²) in [4.78, 5) is 4.08. The van der Waals surface area contributed by atoms with Crippen molar-refractivity contribution in [3.63, 3.8) is 0 Å². The topological polar surface area (TPSA) is 60.2 Å². The Labute approximate surface area is 149 Å². The van der Waals surface area contributed by atoms with Crippen LogP contribution in [-0.4, -0.2) is 13.0 Å². The van der Waals surface area contributed by atoms with Crippen molar-refractivity contribution in [2.75, 3.05) is 7.05 Å². The summed E-state index contributed by atoms with van der Waals surface area (Å²) < 4.78 is 13.9. The Morgan fingerprint density at radius 3 is 2.38 bits per heavy atom. The number of hydrogen-bond donors (Lipinski definition) is 2. The number of hydrogen-bond acceptors (Lipinski definition) is 2. The maximum absolute atomic E-state index is 13.9. The second-order valence-electron chi connectivity index (χ2n) is 4.93. The Kier molecular flexibility index (Phi) is 6.42. The molecule has 0 aromatic heterocycles. The molecule has 2 aromatic carbocycles. The third-order valence-electron chi connectivity index (χ3n) is 3.31. The van der Waals surface area contributed by atoms with Gasteiger partial charge in [0.2, 0.25) is 0 Å². The Balaban J connectivity index is 1.94. The van der Waals surface area contributed by atoms with E-state index >= 15 is 0 Å². The SMILES string of the molecule is CN=C(NCc1ccc(C#N)cc1F)NCc1ccc(Cl)cc1Cl. The third-order valence-corrected chi connectivity index (χ3v) is 3.90. The second-order valence-corrected chi connectivity index (χ2v) is 5.78. The number of halogens is 3. The zero-order valence-electron chi connectivity index (χ0n) is 12.9. The van der Waals surface area contributed by atoms with E-state index in [0.29, 0.717) is 28.1 Å². The van der Waals surface area contributed by atoms with Gasteiger partial charge in [0.25, 0.3) is 0 Å². The van der Waals surface area contributed by atoms with E-state index in [1.54, 1.807) is 31.3 Å². The average Bonchev–Trinajstić information content (AvgIpc) is 2.57. The first-order valence-corrected chi connectivity index (χ1v) is 7.86. The van der Waals surface area contributed by atoms with Gasteiger partial charge in [-0.05, 0) is 29.8 Å². The van der Waals surface area contributed by atoms with E-state index in [1.165, 1.54) is 6.07 Å². The lowest BCUT2D eigenvalue weighted by molar-refractivity contribution is 0.604. The summed E-state index contributed by atoms with van der Waals surface area (Å²) in [5.74, 6) is 0.0718. The first kappa shape index (κ1) is 18.1. The number of nitriles is 1. The van der Waals surface area contributed by atoms with Gasteiger partial charge >= 0.3 is 0 Å². The quantitative estimate of drug-likeness (QED) is 0.639. The second kappa shape index (κ2) is 8.53. The number of guanidine groups is 1. The minimum atomic E-state index is -0.433. The number of nitrogens with zero attached hydrogens (tertiary/aromatic N) is 2. The molecule has 0 saturated carbocycles. The van der Waals surface area contributed by atoms with Crippen molar-refractivity contribution in [3.05, 3.63) is 69.0 Å². The number of aliphatic imine (C=N–C) groups is 1. The fourth-order valence-corrected chi connectivity index (χ4v) is 2.48. The smallest absolute Gasteiger partial charge is 0.191 e. The van der Waals surface area contributed by atoms with Crippen LogP contribution in [0.5, 0.6) is 0 Å². The van der Waals surface area contributed by atoms with Gasteiger partial charge in [-0.15, -0.1) is 0 Å². The van der Waals surface area contributed by atoms with E-state index in [1.807, 2.05) is 12.1 Å². The molecule has 4 nitrogen and oxygen atoms in total. The van der Waals surface area contributed by atoms with E-state index in [0.717, 1.165) is 5.56 Å². The van der Waals surface area contributed by atoms with Crippen LogP contribution in [0.25, 0.3) is 0 Å². The lowest BCUT2D eigenvalue weighted by Gasteiger charge is -2.13. The zero-order valence-corrected chi connectivity index (χ0v) is 14.4. The summed E-state index contributed by atoms with van der Waals surface area (Å²) >= 11 is 12.0. The molecule has 0 saturated heterocycles. The first-order chi connectivity index (χ1) is 11.5. The van der Waals surface area contributed by atoms with Crippen molar-refractivity contribution in [1.29, 1.82) is 5.26 Å². The molecule has 0 aliphatic heterocycles. The van der Waals surface area contributed by atoms with Crippen molar-refractivity contribution in [3.8, 4) is 6.07 Å². The highest BCUT2D eigenvalue weighted by molar-refractivity contribution is 6.35. The number of rotatable bonds is 4. The van der Waals surface area contributed by atoms with E-state index in [4.69, 9.17) is 28.5 Å². The molecule has 0 aliphatic carbocycles. The van der Waals surface area contributed by atoms with Crippen molar-refractivity contribution in [2.24, 2.45) is 4.99 Å². The van der Waals surface area contributed by atoms with E-state index < -0.39 is 5.82 Å².